The maximum atomic E-state index is 14.2. The van der Waals surface area contributed by atoms with Crippen molar-refractivity contribution >= 4 is 11.9 Å². The fourth-order valence-corrected chi connectivity index (χ4v) is 7.25. The fraction of sp³-hybridized carbons (Fsp3) is 0.760. The van der Waals surface area contributed by atoms with Gasteiger partial charge in [0, 0.05) is 19.0 Å². The number of hydrogen-bond donors (Lipinski definition) is 3. The lowest BCUT2D eigenvalue weighted by molar-refractivity contribution is -0.191. The molecule has 1 spiro atoms. The molecule has 0 radical (unpaired) electrons. The van der Waals surface area contributed by atoms with Crippen LogP contribution in [0.25, 0.3) is 0 Å². The first-order valence-electron chi connectivity index (χ1n) is 11.8. The zero-order valence-corrected chi connectivity index (χ0v) is 20.0. The van der Waals surface area contributed by atoms with Crippen molar-refractivity contribution in [3.05, 3.63) is 23.3 Å². The Bertz CT molecular complexity index is 889. The minimum absolute atomic E-state index is 0.0212. The predicted octanol–water partition coefficient (Wildman–Crippen LogP) is 2.30. The molecule has 2 bridgehead atoms. The van der Waals surface area contributed by atoms with Gasteiger partial charge in [-0.05, 0) is 61.5 Å². The molecule has 7 nitrogen and oxygen atoms in total. The molecule has 1 amide bonds. The van der Waals surface area contributed by atoms with E-state index in [0.717, 1.165) is 6.42 Å². The predicted molar refractivity (Wildman–Crippen MR) is 119 cm³/mol. The highest BCUT2D eigenvalue weighted by Crippen LogP contribution is 2.71. The molecule has 0 aliphatic heterocycles. The first-order chi connectivity index (χ1) is 14.9. The minimum Gasteiger partial charge on any atom is -0.438 e. The molecule has 178 valence electrons. The second-order valence-corrected chi connectivity index (χ2v) is 10.8. The Morgan fingerprint density at radius 2 is 1.91 bits per heavy atom. The molecule has 0 heterocycles. The largest absolute Gasteiger partial charge is 0.438 e. The van der Waals surface area contributed by atoms with Gasteiger partial charge in [-0.2, -0.15) is 0 Å². The molecule has 0 aromatic rings. The summed E-state index contributed by atoms with van der Waals surface area (Å²) in [5, 5.41) is 33.9. The molecule has 3 N–H and O–H groups in total. The van der Waals surface area contributed by atoms with Gasteiger partial charge in [-0.25, -0.2) is 4.79 Å². The lowest BCUT2D eigenvalue weighted by atomic mass is 9.59. The number of aliphatic hydroxyl groups excluding tert-OH is 2. The van der Waals surface area contributed by atoms with Crippen molar-refractivity contribution in [1.82, 2.24) is 4.90 Å². The molecular formula is C25H37NO6. The molecule has 4 aliphatic rings. The summed E-state index contributed by atoms with van der Waals surface area (Å²) >= 11 is 0. The summed E-state index contributed by atoms with van der Waals surface area (Å²) in [6.45, 7) is 12.1. The van der Waals surface area contributed by atoms with Gasteiger partial charge in [0.15, 0.2) is 17.5 Å². The maximum absolute atomic E-state index is 14.2. The van der Waals surface area contributed by atoms with E-state index < -0.39 is 41.8 Å². The van der Waals surface area contributed by atoms with Crippen molar-refractivity contribution in [1.29, 1.82) is 0 Å². The fourth-order valence-electron chi connectivity index (χ4n) is 7.25. The third-order valence-corrected chi connectivity index (χ3v) is 9.14. The average Bonchev–Trinajstić information content (AvgIpc) is 3.23. The highest BCUT2D eigenvalue weighted by atomic mass is 16.6. The highest BCUT2D eigenvalue weighted by Gasteiger charge is 2.76. The Morgan fingerprint density at radius 1 is 1.28 bits per heavy atom. The Balaban J connectivity index is 1.87. The lowest BCUT2D eigenvalue weighted by Gasteiger charge is -2.49. The van der Waals surface area contributed by atoms with Crippen LogP contribution in [-0.2, 0) is 9.53 Å². The van der Waals surface area contributed by atoms with Crippen molar-refractivity contribution in [2.24, 2.45) is 34.5 Å². The molecule has 0 aromatic heterocycles. The van der Waals surface area contributed by atoms with Crippen LogP contribution in [-0.4, -0.2) is 69.6 Å². The van der Waals surface area contributed by atoms with Gasteiger partial charge < -0.3 is 25.0 Å². The van der Waals surface area contributed by atoms with Crippen LogP contribution in [0.3, 0.4) is 0 Å². The molecule has 4 aliphatic carbocycles. The first kappa shape index (κ1) is 23.5. The monoisotopic (exact) mass is 447 g/mol. The van der Waals surface area contributed by atoms with E-state index >= 15 is 0 Å². The molecule has 32 heavy (non-hydrogen) atoms. The van der Waals surface area contributed by atoms with Gasteiger partial charge in [-0.1, -0.05) is 32.9 Å². The van der Waals surface area contributed by atoms with Crippen molar-refractivity contribution < 1.29 is 29.6 Å². The highest BCUT2D eigenvalue weighted by molar-refractivity contribution is 5.95. The second-order valence-electron chi connectivity index (χ2n) is 10.8. The smallest absolute Gasteiger partial charge is 0.410 e. The van der Waals surface area contributed by atoms with Crippen LogP contribution < -0.4 is 0 Å². The number of rotatable bonds is 4. The van der Waals surface area contributed by atoms with Gasteiger partial charge in [0.1, 0.15) is 6.10 Å². The maximum Gasteiger partial charge on any atom is 0.410 e. The van der Waals surface area contributed by atoms with E-state index in [4.69, 9.17) is 4.74 Å². The summed E-state index contributed by atoms with van der Waals surface area (Å²) in [6, 6.07) is 0. The van der Waals surface area contributed by atoms with Crippen LogP contribution >= 0.6 is 0 Å². The number of nitrogens with zero attached hydrogens (tertiary/aromatic N) is 1. The SMILES string of the molecule is CCN(CC)C(=O)O[C@H]1C(C)=C[C@]23C(=O)[C@@H](C=C(CO)[C@@H](O)[C@]12O)[C@H]1[C@@H](C[C@H]3C)C1(C)C. The van der Waals surface area contributed by atoms with Gasteiger partial charge in [-0.15, -0.1) is 0 Å². The van der Waals surface area contributed by atoms with Crippen molar-refractivity contribution in [3.63, 3.8) is 0 Å². The standard InChI is InChI=1S/C25H37NO6/c1-7-26(8-2)22(30)32-21-13(3)11-24-14(4)9-17-18(23(17,5)6)16(20(24)29)10-15(12-27)19(28)25(21,24)31/h10-11,14,16-19,21,27-28,31H,7-9,12H2,1-6H3/t14-,16+,17-,18+,19-,21+,24+,25+/m1/s1. The number of Topliss-reactive ketones (excluding diaryl/α,β-unsaturated/α-hetero) is 1. The molecule has 0 unspecified atom stereocenters. The second kappa shape index (κ2) is 7.40. The Labute approximate surface area is 190 Å². The van der Waals surface area contributed by atoms with E-state index in [1.807, 2.05) is 20.8 Å². The molecule has 0 aromatic carbocycles. The Morgan fingerprint density at radius 3 is 2.47 bits per heavy atom. The summed E-state index contributed by atoms with van der Waals surface area (Å²) in [4.78, 5) is 28.6. The molecule has 4 rings (SSSR count). The van der Waals surface area contributed by atoms with Gasteiger partial charge in [0.05, 0.1) is 12.0 Å². The molecule has 2 saturated carbocycles. The van der Waals surface area contributed by atoms with E-state index in [1.165, 1.54) is 4.90 Å². The number of aliphatic hydroxyl groups is 3. The third kappa shape index (κ3) is 2.71. The van der Waals surface area contributed by atoms with E-state index in [0.29, 0.717) is 24.6 Å². The zero-order valence-electron chi connectivity index (χ0n) is 20.0. The lowest BCUT2D eigenvalue weighted by Crippen LogP contribution is -2.66. The molecular weight excluding hydrogens is 410 g/mol. The number of fused-ring (bicyclic) bond motifs is 3. The van der Waals surface area contributed by atoms with E-state index in [1.54, 1.807) is 19.1 Å². The van der Waals surface area contributed by atoms with Gasteiger partial charge in [0.25, 0.3) is 0 Å². The van der Waals surface area contributed by atoms with Crippen LogP contribution in [0, 0.1) is 34.5 Å². The zero-order chi connectivity index (χ0) is 23.8. The number of amides is 1. The van der Waals surface area contributed by atoms with E-state index in [9.17, 15) is 24.9 Å². The van der Waals surface area contributed by atoms with Crippen LogP contribution in [0.4, 0.5) is 4.79 Å². The number of carbonyl (C=O) groups excluding carboxylic acids is 2. The summed E-state index contributed by atoms with van der Waals surface area (Å²) in [7, 11) is 0. The van der Waals surface area contributed by atoms with Gasteiger partial charge in [-0.3, -0.25) is 4.79 Å². The van der Waals surface area contributed by atoms with Crippen LogP contribution in [0.15, 0.2) is 23.3 Å². The molecule has 7 heteroatoms. The van der Waals surface area contributed by atoms with Crippen LogP contribution in [0.5, 0.6) is 0 Å². The summed E-state index contributed by atoms with van der Waals surface area (Å²) in [6.07, 6.45) is 0.847. The quantitative estimate of drug-likeness (QED) is 0.571. The van der Waals surface area contributed by atoms with E-state index in [-0.39, 0.29) is 28.6 Å². The number of hydrogen-bond acceptors (Lipinski definition) is 6. The Kier molecular flexibility index (Phi) is 5.43. The summed E-state index contributed by atoms with van der Waals surface area (Å²) < 4.78 is 5.81. The number of ether oxygens (including phenoxy) is 1. The third-order valence-electron chi connectivity index (χ3n) is 9.14. The Hall–Kier alpha value is -1.70. The van der Waals surface area contributed by atoms with Gasteiger partial charge >= 0.3 is 6.09 Å². The van der Waals surface area contributed by atoms with E-state index in [2.05, 4.69) is 13.8 Å². The molecule has 2 fully saturated rings. The van der Waals surface area contributed by atoms with Gasteiger partial charge in [0.2, 0.25) is 0 Å². The summed E-state index contributed by atoms with van der Waals surface area (Å²) in [5.41, 5.74) is -2.73. The van der Waals surface area contributed by atoms with Crippen molar-refractivity contribution in [2.75, 3.05) is 19.7 Å². The molecule has 0 saturated heterocycles. The summed E-state index contributed by atoms with van der Waals surface area (Å²) in [5.74, 6) is -0.514. The number of ketones is 1. The number of carbonyl (C=O) groups is 2. The average molecular weight is 448 g/mol. The van der Waals surface area contributed by atoms with Crippen LogP contribution in [0.2, 0.25) is 0 Å². The number of allylic oxidation sites excluding steroid dienone is 1. The first-order valence-corrected chi connectivity index (χ1v) is 11.8. The normalized spacial score (nSPS) is 43.8. The van der Waals surface area contributed by atoms with Crippen molar-refractivity contribution in [3.8, 4) is 0 Å². The van der Waals surface area contributed by atoms with Crippen LogP contribution in [0.1, 0.15) is 48.0 Å². The van der Waals surface area contributed by atoms with Crippen molar-refractivity contribution in [2.45, 2.75) is 65.8 Å². The minimum atomic E-state index is -2.08. The topological polar surface area (TPSA) is 107 Å². The molecule has 8 atom stereocenters.